The minimum absolute atomic E-state index is 0.0399. The molecule has 0 saturated carbocycles. The highest BCUT2D eigenvalue weighted by Gasteiger charge is 2.06. The molecule has 0 fully saturated rings. The second-order valence-corrected chi connectivity index (χ2v) is 3.35. The Bertz CT molecular complexity index is 300. The predicted octanol–water partition coefficient (Wildman–Crippen LogP) is 1.73. The SMILES string of the molecule is Cn1cc(CCC(C#N)CCl)cn1. The molecule has 1 unspecified atom stereocenters. The summed E-state index contributed by atoms with van der Waals surface area (Å²) in [7, 11) is 1.88. The molecule has 0 radical (unpaired) electrons. The smallest absolute Gasteiger partial charge is 0.0668 e. The Morgan fingerprint density at radius 1 is 1.77 bits per heavy atom. The Labute approximate surface area is 82.9 Å². The number of aryl methyl sites for hydroxylation is 2. The highest BCUT2D eigenvalue weighted by molar-refractivity contribution is 6.18. The van der Waals surface area contributed by atoms with Crippen LogP contribution in [0.1, 0.15) is 12.0 Å². The fraction of sp³-hybridized carbons (Fsp3) is 0.556. The molecule has 13 heavy (non-hydrogen) atoms. The van der Waals surface area contributed by atoms with Gasteiger partial charge in [0.15, 0.2) is 0 Å². The molecule has 70 valence electrons. The molecule has 0 bridgehead atoms. The van der Waals surface area contributed by atoms with Crippen LogP contribution in [0.4, 0.5) is 0 Å². The zero-order valence-corrected chi connectivity index (χ0v) is 8.33. The maximum Gasteiger partial charge on any atom is 0.0668 e. The summed E-state index contributed by atoms with van der Waals surface area (Å²) in [5.74, 6) is 0.374. The largest absolute Gasteiger partial charge is 0.276 e. The molecular weight excluding hydrogens is 186 g/mol. The van der Waals surface area contributed by atoms with Gasteiger partial charge in [0.1, 0.15) is 0 Å². The van der Waals surface area contributed by atoms with Crippen LogP contribution in [0.15, 0.2) is 12.4 Å². The maximum atomic E-state index is 8.65. The van der Waals surface area contributed by atoms with E-state index in [-0.39, 0.29) is 5.92 Å². The quantitative estimate of drug-likeness (QED) is 0.690. The molecule has 1 aromatic heterocycles. The summed E-state index contributed by atoms with van der Waals surface area (Å²) in [5.41, 5.74) is 1.16. The molecule has 0 aliphatic rings. The van der Waals surface area contributed by atoms with E-state index in [4.69, 9.17) is 16.9 Å². The third-order valence-corrected chi connectivity index (χ3v) is 2.28. The summed E-state index contributed by atoms with van der Waals surface area (Å²) < 4.78 is 1.76. The molecule has 0 N–H and O–H groups in total. The van der Waals surface area contributed by atoms with E-state index in [1.54, 1.807) is 4.68 Å². The van der Waals surface area contributed by atoms with Crippen molar-refractivity contribution in [2.75, 3.05) is 5.88 Å². The highest BCUT2D eigenvalue weighted by atomic mass is 35.5. The number of halogens is 1. The van der Waals surface area contributed by atoms with E-state index >= 15 is 0 Å². The molecule has 0 saturated heterocycles. The summed E-state index contributed by atoms with van der Waals surface area (Å²) >= 11 is 5.60. The monoisotopic (exact) mass is 197 g/mol. The summed E-state index contributed by atoms with van der Waals surface area (Å²) in [5, 5.41) is 12.7. The van der Waals surface area contributed by atoms with Gasteiger partial charge in [-0.25, -0.2) is 0 Å². The first-order valence-electron chi connectivity index (χ1n) is 4.19. The lowest BCUT2D eigenvalue weighted by Crippen LogP contribution is -2.00. The Morgan fingerprint density at radius 2 is 2.54 bits per heavy atom. The maximum absolute atomic E-state index is 8.65. The van der Waals surface area contributed by atoms with Crippen LogP contribution in [-0.4, -0.2) is 15.7 Å². The average Bonchev–Trinajstić information content (AvgIpc) is 2.53. The third-order valence-electron chi connectivity index (χ3n) is 1.91. The van der Waals surface area contributed by atoms with E-state index in [9.17, 15) is 0 Å². The Balaban J connectivity index is 2.39. The summed E-state index contributed by atoms with van der Waals surface area (Å²) in [4.78, 5) is 0. The molecule has 1 aromatic rings. The zero-order chi connectivity index (χ0) is 9.68. The van der Waals surface area contributed by atoms with Crippen molar-refractivity contribution in [3.8, 4) is 6.07 Å². The zero-order valence-electron chi connectivity index (χ0n) is 7.57. The van der Waals surface area contributed by atoms with Crippen molar-refractivity contribution in [1.29, 1.82) is 5.26 Å². The van der Waals surface area contributed by atoms with Crippen molar-refractivity contribution in [1.82, 2.24) is 9.78 Å². The minimum atomic E-state index is -0.0399. The molecule has 0 spiro atoms. The summed E-state index contributed by atoms with van der Waals surface area (Å²) in [6.07, 6.45) is 5.47. The summed E-state index contributed by atoms with van der Waals surface area (Å²) in [6.45, 7) is 0. The van der Waals surface area contributed by atoms with E-state index < -0.39 is 0 Å². The standard InChI is InChI=1S/C9H12ClN3/c1-13-7-9(6-12-13)3-2-8(4-10)5-11/h6-8H,2-4H2,1H3. The lowest BCUT2D eigenvalue weighted by atomic mass is 10.0. The van der Waals surface area contributed by atoms with Gasteiger partial charge in [0.2, 0.25) is 0 Å². The molecule has 0 aromatic carbocycles. The third kappa shape index (κ3) is 3.08. The molecule has 0 aliphatic carbocycles. The van der Waals surface area contributed by atoms with Gasteiger partial charge in [0, 0.05) is 19.1 Å². The van der Waals surface area contributed by atoms with Crippen LogP contribution in [0.5, 0.6) is 0 Å². The molecule has 0 aliphatic heterocycles. The fourth-order valence-electron chi connectivity index (χ4n) is 1.12. The van der Waals surface area contributed by atoms with Crippen molar-refractivity contribution in [2.45, 2.75) is 12.8 Å². The molecule has 1 heterocycles. The van der Waals surface area contributed by atoms with Crippen LogP contribution < -0.4 is 0 Å². The molecular formula is C9H12ClN3. The van der Waals surface area contributed by atoms with Crippen LogP contribution in [-0.2, 0) is 13.5 Å². The van der Waals surface area contributed by atoms with Crippen LogP contribution in [0.25, 0.3) is 0 Å². The normalized spacial score (nSPS) is 12.4. The van der Waals surface area contributed by atoms with E-state index in [1.807, 2.05) is 19.4 Å². The number of hydrogen-bond acceptors (Lipinski definition) is 2. The topological polar surface area (TPSA) is 41.6 Å². The first-order chi connectivity index (χ1) is 6.26. The molecule has 3 nitrogen and oxygen atoms in total. The van der Waals surface area contributed by atoms with Gasteiger partial charge in [-0.1, -0.05) is 0 Å². The molecule has 4 heteroatoms. The van der Waals surface area contributed by atoms with Gasteiger partial charge in [-0.2, -0.15) is 10.4 Å². The van der Waals surface area contributed by atoms with Gasteiger partial charge in [0.05, 0.1) is 18.2 Å². The second kappa shape index (κ2) is 4.88. The van der Waals surface area contributed by atoms with Crippen LogP contribution in [0, 0.1) is 17.2 Å². The lowest BCUT2D eigenvalue weighted by Gasteiger charge is -2.01. The van der Waals surface area contributed by atoms with Crippen LogP contribution in [0.2, 0.25) is 0 Å². The van der Waals surface area contributed by atoms with Gasteiger partial charge in [-0.3, -0.25) is 4.68 Å². The van der Waals surface area contributed by atoms with Gasteiger partial charge < -0.3 is 0 Å². The van der Waals surface area contributed by atoms with Crippen LogP contribution in [0.3, 0.4) is 0 Å². The molecule has 1 rings (SSSR count). The van der Waals surface area contributed by atoms with Gasteiger partial charge >= 0.3 is 0 Å². The Morgan fingerprint density at radius 3 is 3.00 bits per heavy atom. The summed E-state index contributed by atoms with van der Waals surface area (Å²) in [6, 6.07) is 2.17. The first-order valence-corrected chi connectivity index (χ1v) is 4.73. The predicted molar refractivity (Wildman–Crippen MR) is 51.4 cm³/mol. The van der Waals surface area contributed by atoms with Gasteiger partial charge in [-0.15, -0.1) is 11.6 Å². The Kier molecular flexibility index (Phi) is 3.78. The van der Waals surface area contributed by atoms with Crippen molar-refractivity contribution in [3.05, 3.63) is 18.0 Å². The van der Waals surface area contributed by atoms with Crippen molar-refractivity contribution >= 4 is 11.6 Å². The second-order valence-electron chi connectivity index (χ2n) is 3.04. The van der Waals surface area contributed by atoms with E-state index in [1.165, 1.54) is 0 Å². The van der Waals surface area contributed by atoms with Crippen molar-refractivity contribution in [2.24, 2.45) is 13.0 Å². The fourth-order valence-corrected chi connectivity index (χ4v) is 1.34. The molecule has 0 amide bonds. The Hall–Kier alpha value is -1.01. The van der Waals surface area contributed by atoms with E-state index in [2.05, 4.69) is 11.2 Å². The number of nitrogens with zero attached hydrogens (tertiary/aromatic N) is 3. The van der Waals surface area contributed by atoms with E-state index in [0.717, 1.165) is 18.4 Å². The molecule has 1 atom stereocenters. The number of nitriles is 1. The minimum Gasteiger partial charge on any atom is -0.276 e. The number of aromatic nitrogens is 2. The highest BCUT2D eigenvalue weighted by Crippen LogP contribution is 2.09. The van der Waals surface area contributed by atoms with Gasteiger partial charge in [0.25, 0.3) is 0 Å². The average molecular weight is 198 g/mol. The van der Waals surface area contributed by atoms with Crippen LogP contribution >= 0.6 is 11.6 Å². The van der Waals surface area contributed by atoms with E-state index in [0.29, 0.717) is 5.88 Å². The van der Waals surface area contributed by atoms with Crippen molar-refractivity contribution < 1.29 is 0 Å². The first kappa shape index (κ1) is 10.1. The number of alkyl halides is 1. The number of rotatable bonds is 4. The van der Waals surface area contributed by atoms with Crippen molar-refractivity contribution in [3.63, 3.8) is 0 Å². The lowest BCUT2D eigenvalue weighted by molar-refractivity contribution is 0.665. The van der Waals surface area contributed by atoms with Gasteiger partial charge in [-0.05, 0) is 18.4 Å². The number of hydrogen-bond donors (Lipinski definition) is 0.